The van der Waals surface area contributed by atoms with Crippen molar-refractivity contribution in [2.75, 3.05) is 0 Å². The first kappa shape index (κ1) is 31.8. The smallest absolute Gasteiger partial charge is 0.164 e. The number of aromatic nitrogens is 3. The van der Waals surface area contributed by atoms with Crippen LogP contribution in [-0.2, 0) is 0 Å². The second-order valence-corrected chi connectivity index (χ2v) is 13.2. The molecular weight excluding hydrogens is 619 g/mol. The van der Waals surface area contributed by atoms with Gasteiger partial charge in [-0.3, -0.25) is 0 Å². The van der Waals surface area contributed by atoms with E-state index in [1.165, 1.54) is 44.5 Å². The van der Waals surface area contributed by atoms with E-state index in [4.69, 9.17) is 15.0 Å². The summed E-state index contributed by atoms with van der Waals surface area (Å²) in [6.07, 6.45) is 0. The van der Waals surface area contributed by atoms with Crippen molar-refractivity contribution in [3.63, 3.8) is 0 Å². The Hall–Kier alpha value is -6.45. The zero-order valence-corrected chi connectivity index (χ0v) is 29.0. The Morgan fingerprint density at radius 3 is 0.941 bits per heavy atom. The van der Waals surface area contributed by atoms with Crippen LogP contribution in [0, 0.1) is 20.8 Å². The van der Waals surface area contributed by atoms with Gasteiger partial charge in [0.25, 0.3) is 0 Å². The van der Waals surface area contributed by atoms with Gasteiger partial charge in [0.1, 0.15) is 0 Å². The van der Waals surface area contributed by atoms with Crippen LogP contribution in [0.5, 0.6) is 0 Å². The van der Waals surface area contributed by atoms with Gasteiger partial charge in [-0.25, -0.2) is 15.0 Å². The van der Waals surface area contributed by atoms with Crippen LogP contribution >= 0.6 is 0 Å². The molecule has 0 bridgehead atoms. The zero-order valence-electron chi connectivity index (χ0n) is 29.0. The van der Waals surface area contributed by atoms with Crippen LogP contribution in [0.4, 0.5) is 0 Å². The summed E-state index contributed by atoms with van der Waals surface area (Å²) in [6.45, 7) is 6.39. The summed E-state index contributed by atoms with van der Waals surface area (Å²) in [5, 5.41) is 0. The lowest BCUT2D eigenvalue weighted by Gasteiger charge is -2.11. The summed E-state index contributed by atoms with van der Waals surface area (Å²) in [6, 6.07) is 60.0. The quantitative estimate of drug-likeness (QED) is 0.171. The Balaban J connectivity index is 1.15. The van der Waals surface area contributed by atoms with Gasteiger partial charge in [0.2, 0.25) is 0 Å². The van der Waals surface area contributed by atoms with E-state index < -0.39 is 0 Å². The van der Waals surface area contributed by atoms with E-state index in [2.05, 4.69) is 191 Å². The average molecular weight is 656 g/mol. The minimum Gasteiger partial charge on any atom is -0.208 e. The molecule has 0 fully saturated rings. The Labute approximate surface area is 300 Å². The lowest BCUT2D eigenvalue weighted by Crippen LogP contribution is -2.00. The van der Waals surface area contributed by atoms with E-state index in [0.717, 1.165) is 33.4 Å². The maximum Gasteiger partial charge on any atom is 0.164 e. The van der Waals surface area contributed by atoms with Crippen molar-refractivity contribution in [3.05, 3.63) is 187 Å². The summed E-state index contributed by atoms with van der Waals surface area (Å²) in [4.78, 5) is 15.0. The average Bonchev–Trinajstić information content (AvgIpc) is 3.18. The predicted molar refractivity (Wildman–Crippen MR) is 212 cm³/mol. The molecule has 0 unspecified atom stereocenters. The monoisotopic (exact) mass is 655 g/mol. The molecule has 8 rings (SSSR count). The number of rotatable bonds is 7. The van der Waals surface area contributed by atoms with Gasteiger partial charge in [-0.05, 0) is 94.6 Å². The van der Waals surface area contributed by atoms with Crippen molar-refractivity contribution < 1.29 is 0 Å². The van der Waals surface area contributed by atoms with E-state index in [0.29, 0.717) is 17.5 Å². The van der Waals surface area contributed by atoms with Gasteiger partial charge in [0.15, 0.2) is 17.5 Å². The molecule has 0 aliphatic carbocycles. The second-order valence-electron chi connectivity index (χ2n) is 13.2. The summed E-state index contributed by atoms with van der Waals surface area (Å²) >= 11 is 0. The maximum atomic E-state index is 5.04. The fourth-order valence-corrected chi connectivity index (χ4v) is 6.66. The number of hydrogen-bond acceptors (Lipinski definition) is 3. The van der Waals surface area contributed by atoms with Crippen molar-refractivity contribution in [1.29, 1.82) is 0 Å². The third-order valence-electron chi connectivity index (χ3n) is 9.23. The van der Waals surface area contributed by atoms with E-state index in [1.807, 2.05) is 0 Å². The Morgan fingerprint density at radius 2 is 0.549 bits per heavy atom. The summed E-state index contributed by atoms with van der Waals surface area (Å²) in [5.41, 5.74) is 16.0. The van der Waals surface area contributed by atoms with Crippen LogP contribution in [0.1, 0.15) is 16.7 Å². The molecule has 3 heteroatoms. The lowest BCUT2D eigenvalue weighted by atomic mass is 9.96. The van der Waals surface area contributed by atoms with Gasteiger partial charge in [0.05, 0.1) is 0 Å². The highest BCUT2D eigenvalue weighted by atomic mass is 15.0. The van der Waals surface area contributed by atoms with Crippen molar-refractivity contribution >= 4 is 0 Å². The highest BCUT2D eigenvalue weighted by Gasteiger charge is 2.14. The van der Waals surface area contributed by atoms with Gasteiger partial charge >= 0.3 is 0 Å². The largest absolute Gasteiger partial charge is 0.208 e. The molecule has 0 aliphatic heterocycles. The van der Waals surface area contributed by atoms with Crippen LogP contribution in [0.25, 0.3) is 78.7 Å². The highest BCUT2D eigenvalue weighted by Crippen LogP contribution is 2.33. The van der Waals surface area contributed by atoms with E-state index in [9.17, 15) is 0 Å². The lowest BCUT2D eigenvalue weighted by molar-refractivity contribution is 1.07. The van der Waals surface area contributed by atoms with Crippen molar-refractivity contribution in [2.24, 2.45) is 0 Å². The molecular formula is C48H37N3. The van der Waals surface area contributed by atoms with Crippen molar-refractivity contribution in [2.45, 2.75) is 20.8 Å². The third-order valence-corrected chi connectivity index (χ3v) is 9.23. The molecule has 0 radical (unpaired) electrons. The first-order chi connectivity index (χ1) is 24.9. The van der Waals surface area contributed by atoms with Gasteiger partial charge < -0.3 is 0 Å². The van der Waals surface area contributed by atoms with E-state index >= 15 is 0 Å². The number of hydrogen-bond donors (Lipinski definition) is 0. The van der Waals surface area contributed by atoms with Crippen LogP contribution in [0.3, 0.4) is 0 Å². The summed E-state index contributed by atoms with van der Waals surface area (Å²) in [5.74, 6) is 1.95. The second kappa shape index (κ2) is 13.8. The minimum absolute atomic E-state index is 0.646. The molecule has 1 aromatic heterocycles. The Kier molecular flexibility index (Phi) is 8.61. The SMILES string of the molecule is Cc1cc(-c2ccccc2)cc(-c2ccc(-c3nc(-c4ccc(-c5cc(C)cc(-c6ccccc6)c5)cc4)nc(-c4cccc(C)c4)n3)cc2)c1. The van der Waals surface area contributed by atoms with Crippen molar-refractivity contribution in [3.8, 4) is 78.7 Å². The molecule has 3 nitrogen and oxygen atoms in total. The number of benzene rings is 7. The molecule has 0 atom stereocenters. The first-order valence-corrected chi connectivity index (χ1v) is 17.3. The van der Waals surface area contributed by atoms with E-state index in [1.54, 1.807) is 0 Å². The minimum atomic E-state index is 0.646. The molecule has 0 spiro atoms. The molecule has 0 saturated carbocycles. The molecule has 0 aliphatic rings. The zero-order chi connectivity index (χ0) is 34.7. The fourth-order valence-electron chi connectivity index (χ4n) is 6.66. The van der Waals surface area contributed by atoms with Crippen LogP contribution in [-0.4, -0.2) is 15.0 Å². The molecule has 0 N–H and O–H groups in total. The molecule has 8 aromatic rings. The van der Waals surface area contributed by atoms with Crippen LogP contribution < -0.4 is 0 Å². The Morgan fingerprint density at radius 1 is 0.235 bits per heavy atom. The van der Waals surface area contributed by atoms with Gasteiger partial charge in [-0.1, -0.05) is 157 Å². The maximum absolute atomic E-state index is 5.04. The first-order valence-electron chi connectivity index (χ1n) is 17.3. The summed E-state index contributed by atoms with van der Waals surface area (Å²) in [7, 11) is 0. The predicted octanol–water partition coefficient (Wildman–Crippen LogP) is 12.5. The molecule has 0 amide bonds. The normalized spacial score (nSPS) is 11.0. The molecule has 51 heavy (non-hydrogen) atoms. The topological polar surface area (TPSA) is 38.7 Å². The molecule has 1 heterocycles. The summed E-state index contributed by atoms with van der Waals surface area (Å²) < 4.78 is 0. The standard InChI is InChI=1S/C48H37N3/c1-32-11-10-16-41(25-32)48-50-46(39-21-17-37(18-22-39)44-28-33(2)26-42(30-44)35-12-6-4-7-13-35)49-47(51-48)40-23-19-38(20-24-40)45-29-34(3)27-43(31-45)36-14-8-5-9-15-36/h4-31H,1-3H3. The molecule has 0 saturated heterocycles. The number of aryl methyl sites for hydroxylation is 3. The third kappa shape index (κ3) is 7.01. The van der Waals surface area contributed by atoms with Gasteiger partial charge in [-0.2, -0.15) is 0 Å². The number of nitrogens with zero attached hydrogens (tertiary/aromatic N) is 3. The van der Waals surface area contributed by atoms with Crippen molar-refractivity contribution in [1.82, 2.24) is 15.0 Å². The van der Waals surface area contributed by atoms with E-state index in [-0.39, 0.29) is 0 Å². The van der Waals surface area contributed by atoms with Gasteiger partial charge in [0, 0.05) is 16.7 Å². The van der Waals surface area contributed by atoms with Crippen LogP contribution in [0.2, 0.25) is 0 Å². The molecule has 244 valence electrons. The van der Waals surface area contributed by atoms with Gasteiger partial charge in [-0.15, -0.1) is 0 Å². The fraction of sp³-hybridized carbons (Fsp3) is 0.0625. The highest BCUT2D eigenvalue weighted by molar-refractivity contribution is 5.78. The van der Waals surface area contributed by atoms with Crippen LogP contribution in [0.15, 0.2) is 170 Å². The Bertz CT molecular complexity index is 2320. The molecule has 7 aromatic carbocycles.